The number of ether oxygens (including phenoxy) is 1. The molecule has 1 aliphatic carbocycles. The number of halogens is 1. The summed E-state index contributed by atoms with van der Waals surface area (Å²) in [4.78, 5) is 14.7. The van der Waals surface area contributed by atoms with Crippen LogP contribution in [0.2, 0.25) is 0 Å². The molecule has 0 atom stereocenters. The van der Waals surface area contributed by atoms with Gasteiger partial charge in [-0.3, -0.25) is 4.79 Å². The molecule has 2 aromatic carbocycles. The number of rotatable bonds is 4. The van der Waals surface area contributed by atoms with Gasteiger partial charge in [-0.2, -0.15) is 0 Å². The van der Waals surface area contributed by atoms with Gasteiger partial charge in [0.2, 0.25) is 5.91 Å². The van der Waals surface area contributed by atoms with Crippen LogP contribution in [-0.4, -0.2) is 27.5 Å². The quantitative estimate of drug-likeness (QED) is 0.627. The van der Waals surface area contributed by atoms with E-state index in [0.29, 0.717) is 23.5 Å². The molecule has 1 heterocycles. The largest absolute Gasteiger partial charge is 0.490 e. The Labute approximate surface area is 188 Å². The highest BCUT2D eigenvalue weighted by Crippen LogP contribution is 2.45. The molecule has 0 fully saturated rings. The van der Waals surface area contributed by atoms with Gasteiger partial charge >= 0.3 is 0 Å². The molecule has 0 saturated heterocycles. The van der Waals surface area contributed by atoms with E-state index in [9.17, 15) is 17.6 Å². The van der Waals surface area contributed by atoms with Crippen LogP contribution >= 0.6 is 0 Å². The number of amides is 1. The van der Waals surface area contributed by atoms with Crippen LogP contribution in [0, 0.1) is 18.2 Å². The number of sulfone groups is 1. The number of allylic oxidation sites excluding steroid dienone is 2. The molecule has 0 N–H and O–H groups in total. The van der Waals surface area contributed by atoms with Gasteiger partial charge in [0.25, 0.3) is 0 Å². The Kier molecular flexibility index (Phi) is 5.28. The summed E-state index contributed by atoms with van der Waals surface area (Å²) in [6.45, 7) is 7.74. The highest BCUT2D eigenvalue weighted by molar-refractivity contribution is 7.92. The van der Waals surface area contributed by atoms with Crippen molar-refractivity contribution in [2.45, 2.75) is 37.3 Å². The van der Waals surface area contributed by atoms with Crippen LogP contribution in [0.1, 0.15) is 31.9 Å². The molecule has 168 valence electrons. The minimum atomic E-state index is -3.96. The van der Waals surface area contributed by atoms with Crippen molar-refractivity contribution in [1.82, 2.24) is 0 Å². The molecular formula is C25H26FNO4S. The molecule has 0 radical (unpaired) electrons. The number of fused-ring (bicyclic) bond motifs is 1. The van der Waals surface area contributed by atoms with E-state index in [4.69, 9.17) is 4.74 Å². The number of anilines is 1. The molecule has 0 aromatic heterocycles. The van der Waals surface area contributed by atoms with Gasteiger partial charge in [-0.15, -0.1) is 0 Å². The van der Waals surface area contributed by atoms with Crippen LogP contribution in [0.3, 0.4) is 0 Å². The molecule has 2 aromatic rings. The number of carbonyl (C=O) groups excluding carboxylic acids is 1. The maximum absolute atomic E-state index is 13.8. The first-order valence-electron chi connectivity index (χ1n) is 10.5. The van der Waals surface area contributed by atoms with Gasteiger partial charge in [0.05, 0.1) is 16.0 Å². The molecule has 0 spiro atoms. The van der Waals surface area contributed by atoms with Crippen molar-refractivity contribution in [2.75, 3.05) is 18.1 Å². The summed E-state index contributed by atoms with van der Waals surface area (Å²) in [5, 5.41) is 0. The topological polar surface area (TPSA) is 63.7 Å². The lowest BCUT2D eigenvalue weighted by Crippen LogP contribution is -2.42. The predicted octanol–water partition coefficient (Wildman–Crippen LogP) is 4.70. The van der Waals surface area contributed by atoms with Crippen molar-refractivity contribution >= 4 is 21.4 Å². The molecule has 5 nitrogen and oxygen atoms in total. The standard InChI is InChI=1S/C25H26FNO4S/c1-5-27-21-11-8-18(15-22(21)31-16-24(3,4)23(27)28)25(12-6-7-13-25)32(29,30)19-9-10-20(26)17(2)14-19/h6-15H,5,16H2,1-4H3. The van der Waals surface area contributed by atoms with E-state index in [1.807, 2.05) is 20.8 Å². The second kappa shape index (κ2) is 7.59. The summed E-state index contributed by atoms with van der Waals surface area (Å²) in [5.41, 5.74) is 0.656. The third-order valence-electron chi connectivity index (χ3n) is 6.11. The molecule has 4 rings (SSSR count). The van der Waals surface area contributed by atoms with Gasteiger partial charge in [0.15, 0.2) is 9.84 Å². The van der Waals surface area contributed by atoms with Crippen molar-refractivity contribution in [1.29, 1.82) is 0 Å². The molecule has 2 aliphatic rings. The SMILES string of the molecule is CCN1C(=O)C(C)(C)COc2cc(C3(S(=O)(=O)c4ccc(F)c(C)c4)C=CC=C3)ccc21. The van der Waals surface area contributed by atoms with E-state index in [2.05, 4.69) is 0 Å². The fraction of sp³-hybridized carbons (Fsp3) is 0.320. The number of hydrogen-bond donors (Lipinski definition) is 0. The predicted molar refractivity (Wildman–Crippen MR) is 122 cm³/mol. The molecule has 0 saturated carbocycles. The lowest BCUT2D eigenvalue weighted by molar-refractivity contribution is -0.127. The van der Waals surface area contributed by atoms with Gasteiger partial charge in [0, 0.05) is 6.54 Å². The van der Waals surface area contributed by atoms with Gasteiger partial charge in [0.1, 0.15) is 22.9 Å². The molecule has 1 amide bonds. The number of benzene rings is 2. The van der Waals surface area contributed by atoms with Gasteiger partial charge < -0.3 is 9.64 Å². The fourth-order valence-electron chi connectivity index (χ4n) is 4.16. The zero-order valence-electron chi connectivity index (χ0n) is 18.6. The third kappa shape index (κ3) is 3.26. The van der Waals surface area contributed by atoms with Crippen LogP contribution in [-0.2, 0) is 19.4 Å². The van der Waals surface area contributed by atoms with Crippen LogP contribution in [0.15, 0.2) is 65.6 Å². The monoisotopic (exact) mass is 455 g/mol. The van der Waals surface area contributed by atoms with Crippen molar-refractivity contribution < 1.29 is 22.3 Å². The zero-order valence-corrected chi connectivity index (χ0v) is 19.4. The minimum absolute atomic E-state index is 0.0370. The maximum atomic E-state index is 13.8. The summed E-state index contributed by atoms with van der Waals surface area (Å²) in [7, 11) is -3.96. The van der Waals surface area contributed by atoms with Crippen molar-refractivity contribution in [3.63, 3.8) is 0 Å². The average Bonchev–Trinajstić information content (AvgIpc) is 3.24. The lowest BCUT2D eigenvalue weighted by atomic mass is 9.93. The van der Waals surface area contributed by atoms with Crippen LogP contribution in [0.25, 0.3) is 0 Å². The van der Waals surface area contributed by atoms with E-state index >= 15 is 0 Å². The summed E-state index contributed by atoms with van der Waals surface area (Å²) >= 11 is 0. The first-order valence-corrected chi connectivity index (χ1v) is 12.0. The molecular weight excluding hydrogens is 429 g/mol. The Morgan fingerprint density at radius 2 is 1.78 bits per heavy atom. The zero-order chi connectivity index (χ0) is 23.3. The number of aryl methyl sites for hydroxylation is 1. The number of hydrogen-bond acceptors (Lipinski definition) is 4. The third-order valence-corrected chi connectivity index (χ3v) is 8.39. The Morgan fingerprint density at radius 3 is 2.41 bits per heavy atom. The average molecular weight is 456 g/mol. The van der Waals surface area contributed by atoms with Crippen molar-refractivity contribution in [3.8, 4) is 5.75 Å². The highest BCUT2D eigenvalue weighted by atomic mass is 32.2. The molecule has 0 unspecified atom stereocenters. The Balaban J connectivity index is 1.87. The van der Waals surface area contributed by atoms with Crippen molar-refractivity contribution in [2.24, 2.45) is 5.41 Å². The van der Waals surface area contributed by atoms with E-state index in [1.54, 1.807) is 47.4 Å². The van der Waals surface area contributed by atoms with Gasteiger partial charge in [-0.05, 0) is 69.2 Å². The molecule has 1 aliphatic heterocycles. The second-order valence-electron chi connectivity index (χ2n) is 8.83. The summed E-state index contributed by atoms with van der Waals surface area (Å²) < 4.78 is 46.0. The fourth-order valence-corrected chi connectivity index (χ4v) is 6.08. The van der Waals surface area contributed by atoms with Crippen molar-refractivity contribution in [3.05, 3.63) is 77.6 Å². The first-order chi connectivity index (χ1) is 15.0. The molecule has 32 heavy (non-hydrogen) atoms. The summed E-state index contributed by atoms with van der Waals surface area (Å²) in [6, 6.07) is 8.96. The van der Waals surface area contributed by atoms with Gasteiger partial charge in [-0.1, -0.05) is 30.4 Å². The summed E-state index contributed by atoms with van der Waals surface area (Å²) in [6.07, 6.45) is 6.61. The molecule has 7 heteroatoms. The van der Waals surface area contributed by atoms with E-state index in [-0.39, 0.29) is 23.0 Å². The maximum Gasteiger partial charge on any atom is 0.236 e. The normalized spacial score (nSPS) is 18.9. The van der Waals surface area contributed by atoms with Crippen LogP contribution in [0.5, 0.6) is 5.75 Å². The number of nitrogens with zero attached hydrogens (tertiary/aromatic N) is 1. The van der Waals surface area contributed by atoms with Crippen LogP contribution < -0.4 is 9.64 Å². The highest BCUT2D eigenvalue weighted by Gasteiger charge is 2.45. The molecule has 0 bridgehead atoms. The first kappa shape index (κ1) is 22.3. The lowest BCUT2D eigenvalue weighted by Gasteiger charge is -2.29. The van der Waals surface area contributed by atoms with Crippen LogP contribution in [0.4, 0.5) is 10.1 Å². The Morgan fingerprint density at radius 1 is 1.09 bits per heavy atom. The van der Waals surface area contributed by atoms with E-state index in [1.165, 1.54) is 25.1 Å². The van der Waals surface area contributed by atoms with Gasteiger partial charge in [-0.25, -0.2) is 12.8 Å². The summed E-state index contributed by atoms with van der Waals surface area (Å²) in [5.74, 6) is -0.0426. The minimum Gasteiger partial charge on any atom is -0.490 e. The number of carbonyl (C=O) groups is 1. The Hall–Kier alpha value is -2.93. The second-order valence-corrected chi connectivity index (χ2v) is 11.0. The van der Waals surface area contributed by atoms with E-state index in [0.717, 1.165) is 0 Å². The smallest absolute Gasteiger partial charge is 0.236 e. The Bertz CT molecular complexity index is 1250. The van der Waals surface area contributed by atoms with E-state index < -0.39 is 25.8 Å².